The van der Waals surface area contributed by atoms with Crippen LogP contribution >= 0.6 is 0 Å². The number of nitrogens with zero attached hydrogens (tertiary/aromatic N) is 1. The minimum Gasteiger partial charge on any atom is -0.465 e. The molecule has 0 radical (unpaired) electrons. The summed E-state index contributed by atoms with van der Waals surface area (Å²) in [6.07, 6.45) is 1.93. The molecule has 0 aromatic heterocycles. The highest BCUT2D eigenvalue weighted by Crippen LogP contribution is 2.27. The fourth-order valence-corrected chi connectivity index (χ4v) is 1.96. The third-order valence-corrected chi connectivity index (χ3v) is 3.22. The van der Waals surface area contributed by atoms with Gasteiger partial charge in [-0.1, -0.05) is 19.9 Å². The summed E-state index contributed by atoms with van der Waals surface area (Å²) in [4.78, 5) is 26.2. The van der Waals surface area contributed by atoms with Crippen molar-refractivity contribution < 1.29 is 14.3 Å². The lowest BCUT2D eigenvalue weighted by Crippen LogP contribution is -2.48. The van der Waals surface area contributed by atoms with E-state index in [9.17, 15) is 9.59 Å². The van der Waals surface area contributed by atoms with E-state index >= 15 is 0 Å². The first-order chi connectivity index (χ1) is 8.48. The molecule has 0 heterocycles. The van der Waals surface area contributed by atoms with Crippen molar-refractivity contribution in [3.63, 3.8) is 0 Å². The molecular weight excluding hydrogens is 230 g/mol. The molecule has 0 amide bonds. The summed E-state index contributed by atoms with van der Waals surface area (Å²) in [5.74, 6) is -0.600. The van der Waals surface area contributed by atoms with Crippen LogP contribution in [0.15, 0.2) is 12.7 Å². The number of hydrogen-bond donors (Lipinski definition) is 0. The summed E-state index contributed by atoms with van der Waals surface area (Å²) in [7, 11) is 0. The molecule has 0 aliphatic heterocycles. The first-order valence-corrected chi connectivity index (χ1v) is 6.49. The molecule has 104 valence electrons. The Kier molecular flexibility index (Phi) is 7.51. The molecule has 0 aromatic carbocycles. The lowest BCUT2D eigenvalue weighted by Gasteiger charge is -2.33. The van der Waals surface area contributed by atoms with Crippen LogP contribution in [0.1, 0.15) is 34.1 Å². The number of hydrogen-bond acceptors (Lipinski definition) is 4. The van der Waals surface area contributed by atoms with E-state index in [1.807, 2.05) is 13.8 Å². The maximum atomic E-state index is 12.1. The van der Waals surface area contributed by atoms with Crippen LogP contribution in [0.2, 0.25) is 0 Å². The van der Waals surface area contributed by atoms with Crippen molar-refractivity contribution in [2.75, 3.05) is 26.2 Å². The van der Waals surface area contributed by atoms with Crippen LogP contribution in [0.4, 0.5) is 0 Å². The van der Waals surface area contributed by atoms with Crippen LogP contribution in [-0.2, 0) is 14.3 Å². The standard InChI is InChI=1S/C14H25NO3/c1-6-10-14(12(5)16,13(17)18-9-4)11-15(7-2)8-3/h6H,1,7-11H2,2-5H3. The third-order valence-electron chi connectivity index (χ3n) is 3.22. The summed E-state index contributed by atoms with van der Waals surface area (Å²) in [5.41, 5.74) is -1.11. The number of allylic oxidation sites excluding steroid dienone is 1. The minimum atomic E-state index is -1.11. The monoisotopic (exact) mass is 255 g/mol. The largest absolute Gasteiger partial charge is 0.465 e. The van der Waals surface area contributed by atoms with Gasteiger partial charge in [-0.2, -0.15) is 0 Å². The van der Waals surface area contributed by atoms with Gasteiger partial charge in [0, 0.05) is 6.54 Å². The Balaban J connectivity index is 5.26. The van der Waals surface area contributed by atoms with Crippen molar-refractivity contribution in [2.24, 2.45) is 5.41 Å². The topological polar surface area (TPSA) is 46.6 Å². The molecular formula is C14H25NO3. The first-order valence-electron chi connectivity index (χ1n) is 6.49. The second-order valence-electron chi connectivity index (χ2n) is 4.31. The van der Waals surface area contributed by atoms with E-state index in [4.69, 9.17) is 4.74 Å². The second-order valence-corrected chi connectivity index (χ2v) is 4.31. The highest BCUT2D eigenvalue weighted by molar-refractivity contribution is 6.03. The van der Waals surface area contributed by atoms with Gasteiger partial charge in [-0.05, 0) is 33.4 Å². The van der Waals surface area contributed by atoms with Gasteiger partial charge in [0.15, 0.2) is 0 Å². The number of rotatable bonds is 9. The fourth-order valence-electron chi connectivity index (χ4n) is 1.96. The van der Waals surface area contributed by atoms with E-state index in [1.54, 1.807) is 13.0 Å². The van der Waals surface area contributed by atoms with Gasteiger partial charge >= 0.3 is 5.97 Å². The van der Waals surface area contributed by atoms with Crippen molar-refractivity contribution in [2.45, 2.75) is 34.1 Å². The van der Waals surface area contributed by atoms with E-state index in [2.05, 4.69) is 11.5 Å². The van der Waals surface area contributed by atoms with E-state index in [1.165, 1.54) is 6.92 Å². The number of carbonyl (C=O) groups is 2. The maximum absolute atomic E-state index is 12.1. The molecule has 0 aliphatic carbocycles. The normalized spacial score (nSPS) is 14.1. The van der Waals surface area contributed by atoms with Crippen molar-refractivity contribution in [1.82, 2.24) is 4.90 Å². The highest BCUT2D eigenvalue weighted by Gasteiger charge is 2.44. The fraction of sp³-hybridized carbons (Fsp3) is 0.714. The average Bonchev–Trinajstić information content (AvgIpc) is 2.34. The Morgan fingerprint density at radius 3 is 2.17 bits per heavy atom. The lowest BCUT2D eigenvalue weighted by atomic mass is 9.80. The maximum Gasteiger partial charge on any atom is 0.321 e. The lowest BCUT2D eigenvalue weighted by molar-refractivity contribution is -0.160. The summed E-state index contributed by atoms with van der Waals surface area (Å²) in [6, 6.07) is 0. The van der Waals surface area contributed by atoms with Gasteiger partial charge in [-0.25, -0.2) is 0 Å². The van der Waals surface area contributed by atoms with Gasteiger partial charge in [-0.15, -0.1) is 6.58 Å². The van der Waals surface area contributed by atoms with Crippen molar-refractivity contribution in [1.29, 1.82) is 0 Å². The van der Waals surface area contributed by atoms with Crippen LogP contribution in [0.25, 0.3) is 0 Å². The summed E-state index contributed by atoms with van der Waals surface area (Å²) >= 11 is 0. The SMILES string of the molecule is C=CCC(CN(CC)CC)(C(C)=O)C(=O)OCC. The molecule has 1 atom stereocenters. The molecule has 0 saturated carbocycles. The molecule has 0 saturated heterocycles. The first kappa shape index (κ1) is 16.8. The molecule has 0 spiro atoms. The van der Waals surface area contributed by atoms with E-state index in [0.29, 0.717) is 13.0 Å². The zero-order valence-corrected chi connectivity index (χ0v) is 12.0. The Morgan fingerprint density at radius 2 is 1.83 bits per heavy atom. The molecule has 4 heteroatoms. The Hall–Kier alpha value is -1.16. The van der Waals surface area contributed by atoms with Gasteiger partial charge in [0.05, 0.1) is 6.61 Å². The molecule has 0 fully saturated rings. The van der Waals surface area contributed by atoms with Crippen molar-refractivity contribution in [3.05, 3.63) is 12.7 Å². The molecule has 18 heavy (non-hydrogen) atoms. The molecule has 0 rings (SSSR count). The molecule has 4 nitrogen and oxygen atoms in total. The third kappa shape index (κ3) is 3.95. The van der Waals surface area contributed by atoms with Gasteiger partial charge < -0.3 is 9.64 Å². The number of Topliss-reactive ketones (excluding diaryl/α,β-unsaturated/α-hetero) is 1. The second kappa shape index (κ2) is 8.03. The average molecular weight is 255 g/mol. The van der Waals surface area contributed by atoms with Crippen molar-refractivity contribution in [3.8, 4) is 0 Å². The zero-order valence-electron chi connectivity index (χ0n) is 12.0. The van der Waals surface area contributed by atoms with Crippen LogP contribution in [0, 0.1) is 5.41 Å². The van der Waals surface area contributed by atoms with E-state index in [0.717, 1.165) is 13.1 Å². The molecule has 0 bridgehead atoms. The van der Waals surface area contributed by atoms with Gasteiger partial charge in [0.2, 0.25) is 0 Å². The van der Waals surface area contributed by atoms with Gasteiger partial charge in [0.1, 0.15) is 11.2 Å². The highest BCUT2D eigenvalue weighted by atomic mass is 16.5. The number of ether oxygens (including phenoxy) is 1. The van der Waals surface area contributed by atoms with Gasteiger partial charge in [0.25, 0.3) is 0 Å². The minimum absolute atomic E-state index is 0.159. The Bertz CT molecular complexity index is 297. The van der Waals surface area contributed by atoms with Crippen LogP contribution < -0.4 is 0 Å². The van der Waals surface area contributed by atoms with E-state index in [-0.39, 0.29) is 12.4 Å². The zero-order chi connectivity index (χ0) is 14.2. The molecule has 0 aliphatic rings. The summed E-state index contributed by atoms with van der Waals surface area (Å²) in [5, 5.41) is 0. The van der Waals surface area contributed by atoms with Crippen molar-refractivity contribution >= 4 is 11.8 Å². The Labute approximate surface area is 110 Å². The smallest absolute Gasteiger partial charge is 0.321 e. The summed E-state index contributed by atoms with van der Waals surface area (Å²) < 4.78 is 5.08. The predicted octanol–water partition coefficient (Wildman–Crippen LogP) is 2.04. The number of carbonyl (C=O) groups excluding carboxylic acids is 2. The van der Waals surface area contributed by atoms with Crippen LogP contribution in [0.5, 0.6) is 0 Å². The number of ketones is 1. The quantitative estimate of drug-likeness (QED) is 0.359. The number of esters is 1. The predicted molar refractivity (Wildman–Crippen MR) is 72.3 cm³/mol. The Morgan fingerprint density at radius 1 is 1.28 bits per heavy atom. The molecule has 0 aromatic rings. The molecule has 1 unspecified atom stereocenters. The summed E-state index contributed by atoms with van der Waals surface area (Å²) in [6.45, 7) is 13.1. The molecule has 0 N–H and O–H groups in total. The van der Waals surface area contributed by atoms with Gasteiger partial charge in [-0.3, -0.25) is 9.59 Å². The van der Waals surface area contributed by atoms with Crippen LogP contribution in [0.3, 0.4) is 0 Å². The van der Waals surface area contributed by atoms with Crippen LogP contribution in [-0.4, -0.2) is 42.9 Å². The van der Waals surface area contributed by atoms with E-state index < -0.39 is 11.4 Å².